The lowest BCUT2D eigenvalue weighted by atomic mass is 9.89. The van der Waals surface area contributed by atoms with Crippen LogP contribution in [0, 0.1) is 0 Å². The van der Waals surface area contributed by atoms with Crippen LogP contribution in [0.2, 0.25) is 0 Å². The molecule has 0 aromatic carbocycles. The number of hydrogen-bond acceptors (Lipinski definition) is 4. The highest BCUT2D eigenvalue weighted by Crippen LogP contribution is 2.36. The summed E-state index contributed by atoms with van der Waals surface area (Å²) >= 11 is 0. The average molecular weight is 325 g/mol. The van der Waals surface area contributed by atoms with E-state index >= 15 is 0 Å². The van der Waals surface area contributed by atoms with Crippen molar-refractivity contribution in [3.8, 4) is 0 Å². The van der Waals surface area contributed by atoms with E-state index < -0.39 is 5.60 Å². The van der Waals surface area contributed by atoms with Crippen molar-refractivity contribution in [1.29, 1.82) is 0 Å². The van der Waals surface area contributed by atoms with Crippen LogP contribution in [0.25, 0.3) is 0 Å². The molecule has 1 heterocycles. The molecule has 5 nitrogen and oxygen atoms in total. The van der Waals surface area contributed by atoms with Crippen molar-refractivity contribution in [1.82, 2.24) is 5.32 Å². The van der Waals surface area contributed by atoms with Crippen molar-refractivity contribution in [3.63, 3.8) is 0 Å². The van der Waals surface area contributed by atoms with Gasteiger partial charge in [-0.25, -0.2) is 4.79 Å². The van der Waals surface area contributed by atoms with E-state index in [1.807, 2.05) is 54.4 Å². The zero-order valence-electron chi connectivity index (χ0n) is 15.7. The van der Waals surface area contributed by atoms with Gasteiger partial charge in [0.25, 0.3) is 0 Å². The Bertz CT molecular complexity index is 411. The van der Waals surface area contributed by atoms with E-state index in [0.29, 0.717) is 6.54 Å². The van der Waals surface area contributed by atoms with Crippen molar-refractivity contribution in [2.45, 2.75) is 84.5 Å². The highest BCUT2D eigenvalue weighted by Gasteiger charge is 2.49. The van der Waals surface area contributed by atoms with Crippen LogP contribution in [-0.2, 0) is 14.0 Å². The summed E-state index contributed by atoms with van der Waals surface area (Å²) in [6.07, 6.45) is 4.55. The van der Waals surface area contributed by atoms with Gasteiger partial charge in [-0.15, -0.1) is 0 Å². The Balaban J connectivity index is 2.13. The maximum absolute atomic E-state index is 11.5. The SMILES string of the molecule is CC(C)(C)OC(=O)NCCCC/C=C/B1OC(C)(C)C(C)(C)O1. The second-order valence-corrected chi connectivity index (χ2v) is 7.98. The molecule has 132 valence electrons. The first-order valence-electron chi connectivity index (χ1n) is 8.42. The van der Waals surface area contributed by atoms with Gasteiger partial charge in [-0.05, 0) is 67.7 Å². The monoisotopic (exact) mass is 325 g/mol. The fraction of sp³-hybridized carbons (Fsp3) is 0.824. The fourth-order valence-electron chi connectivity index (χ4n) is 2.07. The summed E-state index contributed by atoms with van der Waals surface area (Å²) in [4.78, 5) is 11.5. The van der Waals surface area contributed by atoms with Crippen LogP contribution in [0.15, 0.2) is 12.1 Å². The number of carbonyl (C=O) groups is 1. The van der Waals surface area contributed by atoms with Crippen molar-refractivity contribution in [2.75, 3.05) is 6.54 Å². The van der Waals surface area contributed by atoms with Crippen LogP contribution in [0.5, 0.6) is 0 Å². The normalized spacial score (nSPS) is 20.0. The molecule has 0 aromatic rings. The number of unbranched alkanes of at least 4 members (excludes halogenated alkanes) is 2. The quantitative estimate of drug-likeness (QED) is 0.595. The van der Waals surface area contributed by atoms with Gasteiger partial charge in [0.15, 0.2) is 0 Å². The third-order valence-electron chi connectivity index (χ3n) is 4.03. The van der Waals surface area contributed by atoms with Crippen LogP contribution >= 0.6 is 0 Å². The van der Waals surface area contributed by atoms with Gasteiger partial charge in [0, 0.05) is 6.54 Å². The zero-order valence-corrected chi connectivity index (χ0v) is 15.7. The van der Waals surface area contributed by atoms with Gasteiger partial charge in [0.2, 0.25) is 0 Å². The minimum absolute atomic E-state index is 0.278. The number of rotatable bonds is 6. The Morgan fingerprint density at radius 1 is 1.13 bits per heavy atom. The molecule has 1 fully saturated rings. The summed E-state index contributed by atoms with van der Waals surface area (Å²) in [5.41, 5.74) is -1.03. The van der Waals surface area contributed by atoms with Gasteiger partial charge >= 0.3 is 13.2 Å². The molecule has 1 aliphatic rings. The predicted molar refractivity (Wildman–Crippen MR) is 93.3 cm³/mol. The molecule has 1 saturated heterocycles. The summed E-state index contributed by atoms with van der Waals surface area (Å²) < 4.78 is 16.9. The van der Waals surface area contributed by atoms with Crippen molar-refractivity contribution >= 4 is 13.2 Å². The first kappa shape index (κ1) is 20.0. The number of nitrogens with one attached hydrogen (secondary N) is 1. The molecule has 1 aliphatic heterocycles. The third kappa shape index (κ3) is 6.96. The Morgan fingerprint density at radius 3 is 2.22 bits per heavy atom. The lowest BCUT2D eigenvalue weighted by Crippen LogP contribution is -2.41. The largest absolute Gasteiger partial charge is 0.486 e. The Kier molecular flexibility index (Phi) is 6.72. The lowest BCUT2D eigenvalue weighted by Gasteiger charge is -2.32. The summed E-state index contributed by atoms with van der Waals surface area (Å²) in [5, 5.41) is 2.76. The first-order chi connectivity index (χ1) is 10.4. The van der Waals surface area contributed by atoms with Gasteiger partial charge in [-0.2, -0.15) is 0 Å². The van der Waals surface area contributed by atoms with Crippen molar-refractivity contribution in [3.05, 3.63) is 12.1 Å². The molecule has 0 aliphatic carbocycles. The fourth-order valence-corrected chi connectivity index (χ4v) is 2.07. The summed E-state index contributed by atoms with van der Waals surface area (Å²) in [7, 11) is -0.278. The molecule has 6 heteroatoms. The Hall–Kier alpha value is -1.01. The van der Waals surface area contributed by atoms with Gasteiger partial charge in [-0.1, -0.05) is 12.1 Å². The second kappa shape index (κ2) is 7.71. The van der Waals surface area contributed by atoms with Crippen molar-refractivity contribution < 1.29 is 18.8 Å². The van der Waals surface area contributed by atoms with Gasteiger partial charge in [-0.3, -0.25) is 0 Å². The van der Waals surface area contributed by atoms with Crippen LogP contribution < -0.4 is 5.32 Å². The highest BCUT2D eigenvalue weighted by atomic mass is 16.7. The van der Waals surface area contributed by atoms with Crippen LogP contribution in [0.1, 0.15) is 67.7 Å². The van der Waals surface area contributed by atoms with Crippen LogP contribution in [-0.4, -0.2) is 36.6 Å². The molecular formula is C17H32BNO4. The molecule has 0 unspecified atom stereocenters. The maximum Gasteiger partial charge on any atom is 0.486 e. The van der Waals surface area contributed by atoms with E-state index in [1.54, 1.807) is 0 Å². The van der Waals surface area contributed by atoms with Crippen LogP contribution in [0.4, 0.5) is 4.79 Å². The van der Waals surface area contributed by atoms with Gasteiger partial charge in [0.1, 0.15) is 5.60 Å². The van der Waals surface area contributed by atoms with E-state index in [-0.39, 0.29) is 24.4 Å². The Labute approximate surface area is 141 Å². The summed E-state index contributed by atoms with van der Waals surface area (Å²) in [5.74, 6) is 1.97. The molecule has 0 bridgehead atoms. The number of hydrogen-bond donors (Lipinski definition) is 1. The number of ether oxygens (including phenoxy) is 1. The molecule has 0 saturated carbocycles. The maximum atomic E-state index is 11.5. The van der Waals surface area contributed by atoms with E-state index in [2.05, 4.69) is 11.4 Å². The third-order valence-corrected chi connectivity index (χ3v) is 4.03. The molecule has 0 atom stereocenters. The molecule has 0 spiro atoms. The molecule has 23 heavy (non-hydrogen) atoms. The first-order valence-corrected chi connectivity index (χ1v) is 8.42. The molecule has 1 N–H and O–H groups in total. The minimum atomic E-state index is -0.449. The second-order valence-electron chi connectivity index (χ2n) is 7.98. The number of alkyl carbamates (subject to hydrolysis) is 1. The predicted octanol–water partition coefficient (Wildman–Crippen LogP) is 3.87. The highest BCUT2D eigenvalue weighted by molar-refractivity contribution is 6.51. The lowest BCUT2D eigenvalue weighted by molar-refractivity contribution is 0.00578. The number of allylic oxidation sites excluding steroid dienone is 1. The standard InChI is InChI=1S/C17H32BNO4/c1-15(2,3)21-14(20)19-13-11-9-8-10-12-18-22-16(4,5)17(6,7)23-18/h10,12H,8-9,11,13H2,1-7H3,(H,19,20)/b12-10+. The van der Waals surface area contributed by atoms with E-state index in [9.17, 15) is 4.79 Å². The van der Waals surface area contributed by atoms with E-state index in [0.717, 1.165) is 19.3 Å². The van der Waals surface area contributed by atoms with E-state index in [1.165, 1.54) is 0 Å². The number of amides is 1. The summed E-state index contributed by atoms with van der Waals surface area (Å²) in [6.45, 7) is 14.4. The minimum Gasteiger partial charge on any atom is -0.444 e. The van der Waals surface area contributed by atoms with Crippen LogP contribution in [0.3, 0.4) is 0 Å². The number of carbonyl (C=O) groups excluding carboxylic acids is 1. The van der Waals surface area contributed by atoms with E-state index in [4.69, 9.17) is 14.0 Å². The molecule has 1 rings (SSSR count). The molecule has 0 aromatic heterocycles. The van der Waals surface area contributed by atoms with Crippen molar-refractivity contribution in [2.24, 2.45) is 0 Å². The smallest absolute Gasteiger partial charge is 0.444 e. The molecule has 0 radical (unpaired) electrons. The average Bonchev–Trinajstić information content (AvgIpc) is 2.54. The Morgan fingerprint density at radius 2 is 1.70 bits per heavy atom. The zero-order chi connectivity index (χ0) is 17.7. The van der Waals surface area contributed by atoms with Gasteiger partial charge < -0.3 is 19.4 Å². The topological polar surface area (TPSA) is 56.8 Å². The van der Waals surface area contributed by atoms with Gasteiger partial charge in [0.05, 0.1) is 11.2 Å². The summed E-state index contributed by atoms with van der Waals surface area (Å²) in [6, 6.07) is 0. The molecule has 1 amide bonds. The molecular weight excluding hydrogens is 293 g/mol.